The van der Waals surface area contributed by atoms with Crippen LogP contribution in [0.2, 0.25) is 0 Å². The predicted octanol–water partition coefficient (Wildman–Crippen LogP) is 1.77. The van der Waals surface area contributed by atoms with E-state index in [0.29, 0.717) is 12.5 Å². The van der Waals surface area contributed by atoms with Crippen molar-refractivity contribution in [1.29, 1.82) is 0 Å². The fraction of sp³-hybridized carbons (Fsp3) is 0.444. The van der Waals surface area contributed by atoms with Crippen molar-refractivity contribution < 1.29 is 14.6 Å². The molecule has 0 bridgehead atoms. The van der Waals surface area contributed by atoms with Crippen LogP contribution in [0, 0.1) is 6.92 Å². The Labute approximate surface area is 147 Å². The summed E-state index contributed by atoms with van der Waals surface area (Å²) in [5, 5.41) is 12.0. The van der Waals surface area contributed by atoms with Gasteiger partial charge in [0.05, 0.1) is 20.8 Å². The molecule has 1 aliphatic rings. The Morgan fingerprint density at radius 2 is 1.84 bits per heavy atom. The minimum absolute atomic E-state index is 0.0470. The normalized spacial score (nSPS) is 13.4. The van der Waals surface area contributed by atoms with Crippen LogP contribution in [0.15, 0.2) is 18.2 Å². The first-order valence-corrected chi connectivity index (χ1v) is 8.33. The Bertz CT molecular complexity index is 751. The van der Waals surface area contributed by atoms with Gasteiger partial charge in [0.25, 0.3) is 0 Å². The van der Waals surface area contributed by atoms with Gasteiger partial charge in [0.1, 0.15) is 5.82 Å². The first-order valence-electron chi connectivity index (χ1n) is 8.33. The lowest BCUT2D eigenvalue weighted by Gasteiger charge is -2.30. The van der Waals surface area contributed by atoms with Crippen LogP contribution >= 0.6 is 0 Å². The number of methoxy groups -OCH3 is 2. The number of nitrogens with zero attached hydrogens (tertiary/aromatic N) is 3. The van der Waals surface area contributed by atoms with Crippen LogP contribution in [-0.4, -0.2) is 49.0 Å². The van der Waals surface area contributed by atoms with E-state index in [9.17, 15) is 0 Å². The second-order valence-corrected chi connectivity index (χ2v) is 5.99. The van der Waals surface area contributed by atoms with E-state index in [-0.39, 0.29) is 6.61 Å². The van der Waals surface area contributed by atoms with Gasteiger partial charge in [-0.25, -0.2) is 4.98 Å². The van der Waals surface area contributed by atoms with Gasteiger partial charge in [0.15, 0.2) is 11.5 Å². The molecule has 0 saturated heterocycles. The highest BCUT2D eigenvalue weighted by molar-refractivity contribution is 5.53. The Hall–Kier alpha value is -2.54. The summed E-state index contributed by atoms with van der Waals surface area (Å²) < 4.78 is 10.8. The molecule has 1 aliphatic heterocycles. The zero-order valence-electron chi connectivity index (χ0n) is 14.9. The minimum atomic E-state index is 0.0470. The summed E-state index contributed by atoms with van der Waals surface area (Å²) in [6.07, 6.45) is 0.915. The van der Waals surface area contributed by atoms with E-state index >= 15 is 0 Å². The van der Waals surface area contributed by atoms with Gasteiger partial charge in [-0.05, 0) is 36.6 Å². The maximum absolute atomic E-state index is 8.97. The van der Waals surface area contributed by atoms with Gasteiger partial charge in [-0.3, -0.25) is 0 Å². The smallest absolute Gasteiger partial charge is 0.224 e. The highest BCUT2D eigenvalue weighted by Gasteiger charge is 2.21. The summed E-state index contributed by atoms with van der Waals surface area (Å²) in [7, 11) is 3.31. The average Bonchev–Trinajstić information content (AvgIpc) is 2.64. The third-order valence-electron chi connectivity index (χ3n) is 4.28. The second-order valence-electron chi connectivity index (χ2n) is 5.99. The van der Waals surface area contributed by atoms with Crippen molar-refractivity contribution in [2.45, 2.75) is 19.9 Å². The molecule has 3 rings (SSSR count). The topological polar surface area (TPSA) is 79.7 Å². The largest absolute Gasteiger partial charge is 0.493 e. The van der Waals surface area contributed by atoms with Crippen LogP contribution in [0.25, 0.3) is 0 Å². The van der Waals surface area contributed by atoms with Gasteiger partial charge < -0.3 is 24.8 Å². The van der Waals surface area contributed by atoms with Crippen molar-refractivity contribution in [2.75, 3.05) is 44.1 Å². The van der Waals surface area contributed by atoms with Gasteiger partial charge in [0.2, 0.25) is 5.95 Å². The number of aromatic nitrogens is 2. The summed E-state index contributed by atoms with van der Waals surface area (Å²) >= 11 is 0. The van der Waals surface area contributed by atoms with Gasteiger partial charge in [-0.2, -0.15) is 4.98 Å². The molecule has 0 saturated carbocycles. The number of ether oxygens (including phenoxy) is 2. The fourth-order valence-corrected chi connectivity index (χ4v) is 3.04. The summed E-state index contributed by atoms with van der Waals surface area (Å²) in [5.41, 5.74) is 3.38. The molecule has 0 radical (unpaired) electrons. The van der Waals surface area contributed by atoms with Crippen molar-refractivity contribution in [3.63, 3.8) is 0 Å². The van der Waals surface area contributed by atoms with Crippen molar-refractivity contribution in [2.24, 2.45) is 0 Å². The highest BCUT2D eigenvalue weighted by atomic mass is 16.5. The number of nitrogens with one attached hydrogen (secondary N) is 1. The van der Waals surface area contributed by atoms with Crippen LogP contribution < -0.4 is 19.7 Å². The molecule has 0 fully saturated rings. The molecule has 0 amide bonds. The van der Waals surface area contributed by atoms with E-state index < -0.39 is 0 Å². The van der Waals surface area contributed by atoms with Gasteiger partial charge in [-0.15, -0.1) is 0 Å². The molecule has 7 nitrogen and oxygen atoms in total. The Morgan fingerprint density at radius 1 is 1.12 bits per heavy atom. The van der Waals surface area contributed by atoms with Crippen molar-refractivity contribution in [1.82, 2.24) is 9.97 Å². The SMILES string of the molecule is COc1cc2c(cc1OC)CN(c1cc(C)nc(NCCO)n1)CC2. The number of aliphatic hydroxyl groups is 1. The molecule has 2 N–H and O–H groups in total. The molecule has 0 unspecified atom stereocenters. The third-order valence-corrected chi connectivity index (χ3v) is 4.28. The summed E-state index contributed by atoms with van der Waals surface area (Å²) in [4.78, 5) is 11.2. The number of aryl methyl sites for hydroxylation is 1. The molecule has 134 valence electrons. The van der Waals surface area contributed by atoms with E-state index in [2.05, 4.69) is 26.3 Å². The van der Waals surface area contributed by atoms with Crippen molar-refractivity contribution in [3.05, 3.63) is 35.0 Å². The molecular weight excluding hydrogens is 320 g/mol. The lowest BCUT2D eigenvalue weighted by Crippen LogP contribution is -2.31. The zero-order chi connectivity index (χ0) is 17.8. The first kappa shape index (κ1) is 17.3. The van der Waals surface area contributed by atoms with Crippen molar-refractivity contribution >= 4 is 11.8 Å². The predicted molar refractivity (Wildman–Crippen MR) is 96.6 cm³/mol. The fourth-order valence-electron chi connectivity index (χ4n) is 3.04. The molecule has 1 aromatic carbocycles. The van der Waals surface area contributed by atoms with Gasteiger partial charge >= 0.3 is 0 Å². The number of hydrogen-bond acceptors (Lipinski definition) is 7. The number of rotatable bonds is 6. The minimum Gasteiger partial charge on any atom is -0.493 e. The monoisotopic (exact) mass is 344 g/mol. The van der Waals surface area contributed by atoms with E-state index in [1.807, 2.05) is 19.1 Å². The number of fused-ring (bicyclic) bond motifs is 1. The van der Waals surface area contributed by atoms with E-state index in [0.717, 1.165) is 42.5 Å². The van der Waals surface area contributed by atoms with Crippen LogP contribution in [0.1, 0.15) is 16.8 Å². The maximum Gasteiger partial charge on any atom is 0.224 e. The molecular formula is C18H24N4O3. The second kappa shape index (κ2) is 7.57. The summed E-state index contributed by atoms with van der Waals surface area (Å²) in [6.45, 7) is 4.05. The number of anilines is 2. The quantitative estimate of drug-likeness (QED) is 0.827. The average molecular weight is 344 g/mol. The Morgan fingerprint density at radius 3 is 2.52 bits per heavy atom. The van der Waals surface area contributed by atoms with Crippen LogP contribution in [0.3, 0.4) is 0 Å². The molecule has 2 aromatic rings. The van der Waals surface area contributed by atoms with Gasteiger partial charge in [0, 0.05) is 31.4 Å². The summed E-state index contributed by atoms with van der Waals surface area (Å²) in [6, 6.07) is 6.08. The van der Waals surface area contributed by atoms with Crippen molar-refractivity contribution in [3.8, 4) is 11.5 Å². The molecule has 1 aromatic heterocycles. The number of hydrogen-bond donors (Lipinski definition) is 2. The lowest BCUT2D eigenvalue weighted by atomic mass is 9.99. The maximum atomic E-state index is 8.97. The first-order chi connectivity index (χ1) is 12.1. The Balaban J connectivity index is 1.86. The van der Waals surface area contributed by atoms with Crippen LogP contribution in [-0.2, 0) is 13.0 Å². The number of aliphatic hydroxyl groups excluding tert-OH is 1. The molecule has 0 atom stereocenters. The van der Waals surface area contributed by atoms with E-state index in [4.69, 9.17) is 14.6 Å². The Kier molecular flexibility index (Phi) is 5.23. The van der Waals surface area contributed by atoms with Crippen LogP contribution in [0.4, 0.5) is 11.8 Å². The third kappa shape index (κ3) is 3.76. The molecule has 25 heavy (non-hydrogen) atoms. The van der Waals surface area contributed by atoms with E-state index in [1.54, 1.807) is 14.2 Å². The number of benzene rings is 1. The molecule has 7 heteroatoms. The standard InChI is InChI=1S/C18H24N4O3/c1-12-8-17(21-18(20-12)19-5-7-23)22-6-4-13-9-15(24-2)16(25-3)10-14(13)11-22/h8-10,23H,4-7,11H2,1-3H3,(H,19,20,21). The molecule has 0 aliphatic carbocycles. The summed E-state index contributed by atoms with van der Waals surface area (Å²) in [5.74, 6) is 2.94. The molecule has 0 spiro atoms. The van der Waals surface area contributed by atoms with Gasteiger partial charge in [-0.1, -0.05) is 0 Å². The van der Waals surface area contributed by atoms with Crippen LogP contribution in [0.5, 0.6) is 11.5 Å². The zero-order valence-corrected chi connectivity index (χ0v) is 14.9. The lowest BCUT2D eigenvalue weighted by molar-refractivity contribution is 0.311. The molecule has 2 heterocycles. The highest BCUT2D eigenvalue weighted by Crippen LogP contribution is 2.34. The van der Waals surface area contributed by atoms with E-state index in [1.165, 1.54) is 11.1 Å².